The van der Waals surface area contributed by atoms with E-state index in [1.54, 1.807) is 0 Å². The van der Waals surface area contributed by atoms with E-state index >= 15 is 0 Å². The zero-order valence-corrected chi connectivity index (χ0v) is 18.5. The topological polar surface area (TPSA) is 43.1 Å². The van der Waals surface area contributed by atoms with Gasteiger partial charge in [0.25, 0.3) is 5.89 Å². The van der Waals surface area contributed by atoms with Gasteiger partial charge in [-0.2, -0.15) is 0 Å². The summed E-state index contributed by atoms with van der Waals surface area (Å²) < 4.78 is 5.62. The van der Waals surface area contributed by atoms with Gasteiger partial charge in [-0.3, -0.25) is 4.79 Å². The molecule has 1 aromatic carbocycles. The van der Waals surface area contributed by atoms with E-state index in [2.05, 4.69) is 24.1 Å². The van der Waals surface area contributed by atoms with Crippen LogP contribution >= 0.6 is 0 Å². The normalized spacial score (nSPS) is 11.7. The van der Waals surface area contributed by atoms with E-state index in [0.717, 1.165) is 23.9 Å². The molecule has 0 aliphatic heterocycles. The third-order valence-electron chi connectivity index (χ3n) is 5.52. The molecule has 0 fully saturated rings. The molecule has 160 valence electrons. The van der Waals surface area contributed by atoms with Crippen molar-refractivity contribution in [2.75, 3.05) is 0 Å². The second-order valence-electron chi connectivity index (χ2n) is 8.20. The molecule has 0 saturated carbocycles. The fraction of sp³-hybridized carbons (Fsp3) is 0.615. The number of carbonyl (C=O) groups is 1. The first-order chi connectivity index (χ1) is 14.2. The third kappa shape index (κ3) is 8.97. The number of hydrogen-bond donors (Lipinski definition) is 0. The summed E-state index contributed by atoms with van der Waals surface area (Å²) in [6.07, 6.45) is 21.6. The number of allylic oxidation sites excluding steroid dienone is 2. The lowest BCUT2D eigenvalue weighted by Gasteiger charge is -2.00. The van der Waals surface area contributed by atoms with Crippen molar-refractivity contribution in [2.45, 2.75) is 104 Å². The Kier molecular flexibility index (Phi) is 11.4. The van der Waals surface area contributed by atoms with Gasteiger partial charge >= 0.3 is 0 Å². The van der Waals surface area contributed by atoms with E-state index in [1.165, 1.54) is 70.6 Å². The molecule has 0 atom stereocenters. The fourth-order valence-electron chi connectivity index (χ4n) is 3.67. The minimum Gasteiger partial charge on any atom is -0.434 e. The Morgan fingerprint density at radius 2 is 1.52 bits per heavy atom. The molecule has 0 aliphatic rings. The molecule has 1 heterocycles. The van der Waals surface area contributed by atoms with E-state index in [1.807, 2.05) is 25.1 Å². The number of hydrogen-bond acceptors (Lipinski definition) is 3. The highest BCUT2D eigenvalue weighted by Gasteiger charge is 2.14. The lowest BCUT2D eigenvalue weighted by atomic mass is 10.1. The maximum absolute atomic E-state index is 12.3. The lowest BCUT2D eigenvalue weighted by Crippen LogP contribution is -1.99. The summed E-state index contributed by atoms with van der Waals surface area (Å²) in [4.78, 5) is 16.7. The summed E-state index contributed by atoms with van der Waals surface area (Å²) in [5.74, 6) is 0.294. The van der Waals surface area contributed by atoms with Crippen LogP contribution in [-0.2, 0) is 0 Å². The minimum absolute atomic E-state index is 0.0261. The van der Waals surface area contributed by atoms with E-state index in [-0.39, 0.29) is 11.7 Å². The second kappa shape index (κ2) is 14.1. The Hall–Kier alpha value is -1.90. The van der Waals surface area contributed by atoms with Crippen LogP contribution in [0, 0.1) is 6.92 Å². The van der Waals surface area contributed by atoms with Gasteiger partial charge < -0.3 is 4.42 Å². The fourth-order valence-corrected chi connectivity index (χ4v) is 3.67. The number of ketones is 1. The first-order valence-electron chi connectivity index (χ1n) is 11.8. The van der Waals surface area contributed by atoms with Crippen LogP contribution < -0.4 is 0 Å². The molecule has 0 N–H and O–H groups in total. The van der Waals surface area contributed by atoms with Crippen molar-refractivity contribution >= 4 is 16.9 Å². The van der Waals surface area contributed by atoms with Crippen molar-refractivity contribution in [3.63, 3.8) is 0 Å². The predicted molar refractivity (Wildman–Crippen MR) is 123 cm³/mol. The van der Waals surface area contributed by atoms with Crippen molar-refractivity contribution < 1.29 is 9.21 Å². The summed E-state index contributed by atoms with van der Waals surface area (Å²) in [5, 5.41) is 0. The molecule has 2 aromatic rings. The highest BCUT2D eigenvalue weighted by molar-refractivity contribution is 5.94. The number of benzene rings is 1. The number of aryl methyl sites for hydroxylation is 1. The van der Waals surface area contributed by atoms with Gasteiger partial charge in [0.15, 0.2) is 5.58 Å². The molecular weight excluding hydrogens is 358 g/mol. The number of Topliss-reactive ketones (excluding diaryl/α,β-unsaturated/α-hetero) is 1. The average Bonchev–Trinajstić information content (AvgIpc) is 3.17. The summed E-state index contributed by atoms with van der Waals surface area (Å²) in [5.41, 5.74) is 2.56. The van der Waals surface area contributed by atoms with E-state index < -0.39 is 0 Å². The highest BCUT2D eigenvalue weighted by Crippen LogP contribution is 2.20. The molecule has 0 spiro atoms. The number of fused-ring (bicyclic) bond motifs is 1. The van der Waals surface area contributed by atoms with Crippen LogP contribution in [0.25, 0.3) is 11.1 Å². The summed E-state index contributed by atoms with van der Waals surface area (Å²) in [7, 11) is 0. The number of para-hydroxylation sites is 1. The quantitative estimate of drug-likeness (QED) is 0.162. The average molecular weight is 398 g/mol. The lowest BCUT2D eigenvalue weighted by molar-refractivity contribution is 0.0947. The number of aromatic nitrogens is 1. The van der Waals surface area contributed by atoms with Crippen molar-refractivity contribution in [1.29, 1.82) is 0 Å². The molecule has 1 aromatic heterocycles. The first kappa shape index (κ1) is 23.4. The molecule has 3 nitrogen and oxygen atoms in total. The molecule has 0 unspecified atom stereocenters. The predicted octanol–water partition coefficient (Wildman–Crippen LogP) is 8.36. The second-order valence-corrected chi connectivity index (χ2v) is 8.20. The standard InChI is InChI=1S/C26H39NO2/c1-3-4-5-6-7-8-9-10-11-12-13-14-15-16-17-20-23(28)26-27-25-22(2)19-18-21-24(25)29-26/h10-11,18-19,21H,3-9,12-17,20H2,1-2H3. The van der Waals surface area contributed by atoms with Crippen molar-refractivity contribution in [2.24, 2.45) is 0 Å². The zero-order valence-electron chi connectivity index (χ0n) is 18.5. The molecule has 0 saturated heterocycles. The molecule has 0 aliphatic carbocycles. The van der Waals surface area contributed by atoms with E-state index in [0.29, 0.717) is 12.0 Å². The summed E-state index contributed by atoms with van der Waals surface area (Å²) >= 11 is 0. The Morgan fingerprint density at radius 3 is 2.17 bits per heavy atom. The molecule has 29 heavy (non-hydrogen) atoms. The smallest absolute Gasteiger partial charge is 0.264 e. The maximum atomic E-state index is 12.3. The van der Waals surface area contributed by atoms with Crippen LogP contribution in [0.3, 0.4) is 0 Å². The summed E-state index contributed by atoms with van der Waals surface area (Å²) in [6, 6.07) is 5.79. The third-order valence-corrected chi connectivity index (χ3v) is 5.52. The first-order valence-corrected chi connectivity index (χ1v) is 11.8. The van der Waals surface area contributed by atoms with Crippen molar-refractivity contribution in [3.8, 4) is 0 Å². The number of oxazole rings is 1. The van der Waals surface area contributed by atoms with Gasteiger partial charge in [0.05, 0.1) is 0 Å². The van der Waals surface area contributed by atoms with Crippen LogP contribution in [0.2, 0.25) is 0 Å². The number of rotatable bonds is 16. The van der Waals surface area contributed by atoms with Gasteiger partial charge in [-0.15, -0.1) is 0 Å². The van der Waals surface area contributed by atoms with Crippen LogP contribution in [-0.4, -0.2) is 10.8 Å². The molecule has 3 heteroatoms. The molecule has 2 rings (SSSR count). The Balaban J connectivity index is 1.46. The van der Waals surface area contributed by atoms with Crippen molar-refractivity contribution in [3.05, 3.63) is 41.8 Å². The van der Waals surface area contributed by atoms with Crippen LogP contribution in [0.4, 0.5) is 0 Å². The summed E-state index contributed by atoms with van der Waals surface area (Å²) in [6.45, 7) is 4.26. The van der Waals surface area contributed by atoms with Crippen molar-refractivity contribution in [1.82, 2.24) is 4.98 Å². The van der Waals surface area contributed by atoms with Crippen LogP contribution in [0.1, 0.15) is 113 Å². The van der Waals surface area contributed by atoms with Gasteiger partial charge in [-0.1, -0.05) is 82.6 Å². The van der Waals surface area contributed by atoms with Gasteiger partial charge in [0.2, 0.25) is 5.78 Å². The van der Waals surface area contributed by atoms with Crippen LogP contribution in [0.5, 0.6) is 0 Å². The Bertz CT molecular complexity index is 744. The van der Waals surface area contributed by atoms with Gasteiger partial charge in [0, 0.05) is 6.42 Å². The van der Waals surface area contributed by atoms with Gasteiger partial charge in [0.1, 0.15) is 5.52 Å². The highest BCUT2D eigenvalue weighted by atomic mass is 16.4. The largest absolute Gasteiger partial charge is 0.434 e. The zero-order chi connectivity index (χ0) is 20.7. The van der Waals surface area contributed by atoms with Gasteiger partial charge in [-0.25, -0.2) is 4.98 Å². The minimum atomic E-state index is 0.0261. The Morgan fingerprint density at radius 1 is 0.897 bits per heavy atom. The van der Waals surface area contributed by atoms with E-state index in [4.69, 9.17) is 4.42 Å². The maximum Gasteiger partial charge on any atom is 0.264 e. The Labute approximate surface area is 177 Å². The number of nitrogens with zero attached hydrogens (tertiary/aromatic N) is 1. The SMILES string of the molecule is CCCCCCCCC=CCCCCCCCC(=O)c1nc2c(C)cccc2o1. The van der Waals surface area contributed by atoms with Crippen LogP contribution in [0.15, 0.2) is 34.8 Å². The number of unbranched alkanes of at least 4 members (excludes halogenated alkanes) is 11. The molecule has 0 bridgehead atoms. The molecular formula is C26H39NO2. The molecule has 0 radical (unpaired) electrons. The molecule has 0 amide bonds. The van der Waals surface area contributed by atoms with E-state index in [9.17, 15) is 4.79 Å². The number of carbonyl (C=O) groups excluding carboxylic acids is 1. The van der Waals surface area contributed by atoms with Gasteiger partial charge in [-0.05, 0) is 50.7 Å². The monoisotopic (exact) mass is 397 g/mol.